The lowest BCUT2D eigenvalue weighted by atomic mass is 9.75. The van der Waals surface area contributed by atoms with E-state index in [0.717, 1.165) is 76.7 Å². The molecule has 4 fully saturated rings. The molecule has 0 atom stereocenters. The quantitative estimate of drug-likeness (QED) is 0.235. The minimum absolute atomic E-state index is 0.181. The molecule has 2 aromatic rings. The summed E-state index contributed by atoms with van der Waals surface area (Å²) in [4.78, 5) is 13.6. The third-order valence-electron chi connectivity index (χ3n) is 11.2. The van der Waals surface area contributed by atoms with Crippen molar-refractivity contribution in [3.63, 3.8) is 0 Å². The van der Waals surface area contributed by atoms with Crippen LogP contribution < -0.4 is 4.74 Å². The Bertz CT molecular complexity index is 1610. The Balaban J connectivity index is 1.50. The lowest BCUT2D eigenvalue weighted by Gasteiger charge is -2.30. The fraction of sp³-hybridized carbons (Fsp3) is 0.564. The molecular weight excluding hydrogens is 540 g/mol. The third kappa shape index (κ3) is 4.94. The van der Waals surface area contributed by atoms with E-state index in [-0.39, 0.29) is 11.8 Å². The molecule has 7 rings (SSSR count). The summed E-state index contributed by atoms with van der Waals surface area (Å²) in [7, 11) is 0. The van der Waals surface area contributed by atoms with Crippen molar-refractivity contribution in [3.05, 3.63) is 80.2 Å². The first kappa shape index (κ1) is 29.2. The second kappa shape index (κ2) is 11.7. The molecule has 2 heterocycles. The van der Waals surface area contributed by atoms with Crippen LogP contribution in [0.5, 0.6) is 5.75 Å². The normalized spacial score (nSPS) is 22.2. The number of hydrogen-bond acceptors (Lipinski definition) is 3. The summed E-state index contributed by atoms with van der Waals surface area (Å²) < 4.78 is 7.39. The molecule has 0 spiro atoms. The Morgan fingerprint density at radius 2 is 1.43 bits per heavy atom. The van der Waals surface area contributed by atoms with E-state index in [1.165, 1.54) is 62.6 Å². The zero-order valence-electron chi connectivity index (χ0n) is 26.9. The molecule has 0 saturated heterocycles. The number of aromatic amines is 1. The van der Waals surface area contributed by atoms with E-state index < -0.39 is 0 Å². The Morgan fingerprint density at radius 1 is 0.864 bits per heavy atom. The number of allylic oxidation sites excluding steroid dienone is 2. The predicted molar refractivity (Wildman–Crippen MR) is 177 cm³/mol. The Morgan fingerprint density at radius 3 is 1.89 bits per heavy atom. The number of hydrogen-bond donors (Lipinski definition) is 1. The molecule has 0 radical (unpaired) electrons. The molecule has 1 aromatic carbocycles. The van der Waals surface area contributed by atoms with Gasteiger partial charge in [-0.05, 0) is 127 Å². The smallest absolute Gasteiger partial charge is 0.214 e. The SMILES string of the molecule is [C-]#[N+]C1=C(C2CCC2)C(=C(Oc2c(C(C)C)cc(C#N)cc2C(C)C)c2[nH]c(C3CCC3)cc2C2CCC2)N=C1C1CCC1. The summed E-state index contributed by atoms with van der Waals surface area (Å²) in [5, 5.41) is 9.93. The number of nitrogens with zero attached hydrogens (tertiary/aromatic N) is 3. The van der Waals surface area contributed by atoms with Crippen molar-refractivity contribution in [1.82, 2.24) is 4.98 Å². The average Bonchev–Trinajstić information content (AvgIpc) is 3.44. The lowest BCUT2D eigenvalue weighted by Crippen LogP contribution is -2.22. The second-order valence-corrected chi connectivity index (χ2v) is 14.6. The minimum Gasteiger partial charge on any atom is -0.452 e. The Kier molecular flexibility index (Phi) is 7.78. The van der Waals surface area contributed by atoms with E-state index in [2.05, 4.69) is 49.7 Å². The monoisotopic (exact) mass is 586 g/mol. The number of aliphatic imine (C=N–C) groups is 1. The number of rotatable bonds is 9. The number of ether oxygens (including phenoxy) is 1. The van der Waals surface area contributed by atoms with E-state index in [9.17, 15) is 5.26 Å². The fourth-order valence-electron chi connectivity index (χ4n) is 7.52. The third-order valence-corrected chi connectivity index (χ3v) is 11.2. The molecular formula is C39H46N4O. The molecule has 1 aliphatic heterocycles. The molecule has 0 bridgehead atoms. The second-order valence-electron chi connectivity index (χ2n) is 14.6. The maximum Gasteiger partial charge on any atom is 0.214 e. The van der Waals surface area contributed by atoms with Gasteiger partial charge in [-0.2, -0.15) is 5.26 Å². The fourth-order valence-corrected chi connectivity index (χ4v) is 7.52. The maximum atomic E-state index is 9.93. The largest absolute Gasteiger partial charge is 0.452 e. The molecule has 4 saturated carbocycles. The van der Waals surface area contributed by atoms with Crippen LogP contribution in [0, 0.1) is 29.7 Å². The van der Waals surface area contributed by atoms with Crippen LogP contribution in [0.3, 0.4) is 0 Å². The van der Waals surface area contributed by atoms with E-state index in [1.54, 1.807) is 0 Å². The van der Waals surface area contributed by atoms with Crippen molar-refractivity contribution in [2.75, 3.05) is 0 Å². The van der Waals surface area contributed by atoms with Crippen LogP contribution in [0.2, 0.25) is 0 Å². The highest BCUT2D eigenvalue weighted by atomic mass is 16.5. The van der Waals surface area contributed by atoms with Crippen molar-refractivity contribution in [1.29, 1.82) is 5.26 Å². The van der Waals surface area contributed by atoms with Crippen LogP contribution in [-0.2, 0) is 0 Å². The van der Waals surface area contributed by atoms with Gasteiger partial charge in [-0.1, -0.05) is 53.4 Å². The summed E-state index contributed by atoms with van der Waals surface area (Å²) in [5.74, 6) is 3.87. The van der Waals surface area contributed by atoms with Crippen LogP contribution in [-0.4, -0.2) is 10.7 Å². The van der Waals surface area contributed by atoms with E-state index >= 15 is 0 Å². The summed E-state index contributed by atoms with van der Waals surface area (Å²) >= 11 is 0. The van der Waals surface area contributed by atoms with Gasteiger partial charge in [0.2, 0.25) is 5.70 Å². The number of benzene rings is 1. The molecule has 1 aromatic heterocycles. The van der Waals surface area contributed by atoms with Gasteiger partial charge in [-0.25, -0.2) is 4.85 Å². The average molecular weight is 587 g/mol. The van der Waals surface area contributed by atoms with Crippen LogP contribution in [0.15, 0.2) is 40.2 Å². The van der Waals surface area contributed by atoms with Gasteiger partial charge in [0.1, 0.15) is 5.75 Å². The maximum absolute atomic E-state index is 9.93. The molecule has 228 valence electrons. The molecule has 5 heteroatoms. The first-order chi connectivity index (χ1) is 21.4. The van der Waals surface area contributed by atoms with Crippen molar-refractivity contribution in [3.8, 4) is 11.8 Å². The van der Waals surface area contributed by atoms with E-state index in [1.807, 2.05) is 12.1 Å². The predicted octanol–water partition coefficient (Wildman–Crippen LogP) is 10.6. The van der Waals surface area contributed by atoms with Crippen molar-refractivity contribution < 1.29 is 4.74 Å². The Labute approximate surface area is 263 Å². The molecule has 5 aliphatic rings. The first-order valence-corrected chi connectivity index (χ1v) is 17.3. The molecule has 0 unspecified atom stereocenters. The van der Waals surface area contributed by atoms with E-state index in [4.69, 9.17) is 16.3 Å². The van der Waals surface area contributed by atoms with Crippen molar-refractivity contribution >= 4 is 11.5 Å². The number of H-pyrrole nitrogens is 1. The summed E-state index contributed by atoms with van der Waals surface area (Å²) in [6.07, 6.45) is 14.3. The van der Waals surface area contributed by atoms with Crippen LogP contribution in [0.25, 0.3) is 10.6 Å². The van der Waals surface area contributed by atoms with Gasteiger partial charge in [0.25, 0.3) is 0 Å². The molecule has 1 N–H and O–H groups in total. The van der Waals surface area contributed by atoms with Crippen LogP contribution in [0.4, 0.5) is 0 Å². The molecule has 4 aliphatic carbocycles. The van der Waals surface area contributed by atoms with Gasteiger partial charge >= 0.3 is 0 Å². The minimum atomic E-state index is 0.181. The van der Waals surface area contributed by atoms with Crippen LogP contribution in [0.1, 0.15) is 162 Å². The zero-order chi connectivity index (χ0) is 30.5. The zero-order valence-corrected chi connectivity index (χ0v) is 26.9. The first-order valence-electron chi connectivity index (χ1n) is 17.3. The summed E-state index contributed by atoms with van der Waals surface area (Å²) in [5.41, 5.74) is 10.4. The van der Waals surface area contributed by atoms with Crippen molar-refractivity contribution in [2.24, 2.45) is 16.8 Å². The van der Waals surface area contributed by atoms with Gasteiger partial charge in [0, 0.05) is 5.69 Å². The topological polar surface area (TPSA) is 65.5 Å². The highest BCUT2D eigenvalue weighted by Crippen LogP contribution is 2.51. The number of nitriles is 1. The van der Waals surface area contributed by atoms with E-state index in [0.29, 0.717) is 29.2 Å². The van der Waals surface area contributed by atoms with Gasteiger partial charge in [0.15, 0.2) is 5.76 Å². The van der Waals surface area contributed by atoms with Gasteiger partial charge in [-0.15, -0.1) is 0 Å². The summed E-state index contributed by atoms with van der Waals surface area (Å²) in [6, 6.07) is 8.88. The highest BCUT2D eigenvalue weighted by Gasteiger charge is 2.41. The lowest BCUT2D eigenvalue weighted by molar-refractivity contribution is 0.369. The molecule has 5 nitrogen and oxygen atoms in total. The Hall–Kier alpha value is -3.57. The van der Waals surface area contributed by atoms with Gasteiger partial charge in [0.05, 0.1) is 35.3 Å². The van der Waals surface area contributed by atoms with Crippen LogP contribution >= 0.6 is 0 Å². The van der Waals surface area contributed by atoms with Gasteiger partial charge < -0.3 is 9.72 Å². The number of aromatic nitrogens is 1. The van der Waals surface area contributed by atoms with Gasteiger partial charge in [-0.3, -0.25) is 4.99 Å². The molecule has 0 amide bonds. The van der Waals surface area contributed by atoms with Crippen molar-refractivity contribution in [2.45, 2.75) is 128 Å². The number of nitrogens with one attached hydrogen (secondary N) is 1. The summed E-state index contributed by atoms with van der Waals surface area (Å²) in [6.45, 7) is 17.1. The standard InChI is InChI=1S/C39H46N4O/c1-22(2)29-18-24(21-40)19-30(23(3)4)38(29)44-39(35-31(25-10-6-11-25)20-32(42-35)26-12-7-13-26)37-33(27-14-8-15-27)36(41-5)34(43-37)28-16-9-17-28/h18-20,22-23,25-28,42H,6-17H2,1-4H3. The highest BCUT2D eigenvalue weighted by molar-refractivity contribution is 6.09. The molecule has 44 heavy (non-hydrogen) atoms.